The van der Waals surface area contributed by atoms with Gasteiger partial charge in [0.1, 0.15) is 6.54 Å². The zero-order valence-electron chi connectivity index (χ0n) is 7.58. The lowest BCUT2D eigenvalue weighted by atomic mass is 10.5. The molecule has 0 fully saturated rings. The van der Waals surface area contributed by atoms with Crippen LogP contribution in [0, 0.1) is 10.6 Å². The van der Waals surface area contributed by atoms with Crippen LogP contribution in [0.4, 0.5) is 0 Å². The molecule has 1 aromatic heterocycles. The molecule has 0 amide bonds. The van der Waals surface area contributed by atoms with Gasteiger partial charge in [0.15, 0.2) is 0 Å². The van der Waals surface area contributed by atoms with Crippen molar-refractivity contribution in [3.05, 3.63) is 15.5 Å². The molecule has 0 bridgehead atoms. The van der Waals surface area contributed by atoms with E-state index in [0.29, 0.717) is 6.61 Å². The Morgan fingerprint density at radius 1 is 1.77 bits per heavy atom. The van der Waals surface area contributed by atoms with Crippen LogP contribution in [0.5, 0.6) is 0 Å². The lowest BCUT2D eigenvalue weighted by Crippen LogP contribution is -2.15. The molecule has 0 aliphatic heterocycles. The van der Waals surface area contributed by atoms with Crippen LogP contribution in [-0.4, -0.2) is 22.4 Å². The summed E-state index contributed by atoms with van der Waals surface area (Å²) in [5, 5.41) is 4.14. The Labute approximate surface area is 90.4 Å². The summed E-state index contributed by atoms with van der Waals surface area (Å²) < 4.78 is 7.39. The molecule has 5 heteroatoms. The number of ether oxygens (including phenoxy) is 1. The zero-order valence-corrected chi connectivity index (χ0v) is 9.74. The van der Waals surface area contributed by atoms with Crippen molar-refractivity contribution in [2.45, 2.75) is 20.4 Å². The van der Waals surface area contributed by atoms with E-state index in [1.165, 1.54) is 0 Å². The Bertz CT molecular complexity index is 309. The maximum Gasteiger partial charge on any atom is 0.327 e. The van der Waals surface area contributed by atoms with Crippen molar-refractivity contribution in [2.75, 3.05) is 6.61 Å². The number of halogens is 1. The summed E-state index contributed by atoms with van der Waals surface area (Å²) >= 11 is 2.14. The zero-order chi connectivity index (χ0) is 9.84. The molecule has 1 heterocycles. The summed E-state index contributed by atoms with van der Waals surface area (Å²) in [5.41, 5.74) is 0.911. The van der Waals surface area contributed by atoms with Gasteiger partial charge in [-0.2, -0.15) is 5.10 Å². The van der Waals surface area contributed by atoms with Crippen LogP contribution in [0.25, 0.3) is 0 Å². The maximum absolute atomic E-state index is 11.1. The van der Waals surface area contributed by atoms with Gasteiger partial charge >= 0.3 is 5.97 Å². The Kier molecular flexibility index (Phi) is 3.71. The summed E-state index contributed by atoms with van der Waals surface area (Å²) in [6, 6.07) is 1.92. The van der Waals surface area contributed by atoms with Gasteiger partial charge in [-0.25, -0.2) is 4.68 Å². The lowest BCUT2D eigenvalue weighted by Gasteiger charge is -2.02. The van der Waals surface area contributed by atoms with E-state index in [0.717, 1.165) is 9.39 Å². The smallest absolute Gasteiger partial charge is 0.327 e. The number of hydrogen-bond acceptors (Lipinski definition) is 3. The van der Waals surface area contributed by atoms with Crippen molar-refractivity contribution >= 4 is 28.6 Å². The van der Waals surface area contributed by atoms with E-state index in [1.807, 2.05) is 13.0 Å². The summed E-state index contributed by atoms with van der Waals surface area (Å²) in [5.74, 6) is -0.247. The quantitative estimate of drug-likeness (QED) is 0.624. The van der Waals surface area contributed by atoms with Gasteiger partial charge in [-0.3, -0.25) is 4.79 Å². The summed E-state index contributed by atoms with van der Waals surface area (Å²) in [6.07, 6.45) is 0. The van der Waals surface area contributed by atoms with Gasteiger partial charge in [0.05, 0.1) is 16.0 Å². The molecule has 72 valence electrons. The Balaban J connectivity index is 2.63. The molecule has 0 unspecified atom stereocenters. The number of hydrogen-bond donors (Lipinski definition) is 0. The summed E-state index contributed by atoms with van der Waals surface area (Å²) in [7, 11) is 0. The highest BCUT2D eigenvalue weighted by Gasteiger charge is 2.07. The highest BCUT2D eigenvalue weighted by Crippen LogP contribution is 2.06. The summed E-state index contributed by atoms with van der Waals surface area (Å²) in [6.45, 7) is 4.29. The lowest BCUT2D eigenvalue weighted by molar-refractivity contribution is -0.144. The first kappa shape index (κ1) is 10.5. The van der Waals surface area contributed by atoms with Crippen LogP contribution in [0.1, 0.15) is 12.6 Å². The second kappa shape index (κ2) is 4.59. The predicted octanol–water partition coefficient (Wildman–Crippen LogP) is 1.36. The SMILES string of the molecule is CCOC(=O)Cn1nc(C)cc1I. The van der Waals surface area contributed by atoms with Gasteiger partial charge in [0, 0.05) is 0 Å². The van der Waals surface area contributed by atoms with Gasteiger partial charge in [0.25, 0.3) is 0 Å². The Morgan fingerprint density at radius 2 is 2.46 bits per heavy atom. The molecule has 0 aliphatic carbocycles. The van der Waals surface area contributed by atoms with Gasteiger partial charge in [-0.1, -0.05) is 0 Å². The normalized spacial score (nSPS) is 10.1. The highest BCUT2D eigenvalue weighted by molar-refractivity contribution is 14.1. The van der Waals surface area contributed by atoms with E-state index in [9.17, 15) is 4.79 Å². The number of carbonyl (C=O) groups is 1. The monoisotopic (exact) mass is 294 g/mol. The molecule has 0 aromatic carbocycles. The number of esters is 1. The topological polar surface area (TPSA) is 44.1 Å². The largest absolute Gasteiger partial charge is 0.465 e. The van der Waals surface area contributed by atoms with Gasteiger partial charge < -0.3 is 4.74 Å². The van der Waals surface area contributed by atoms with Crippen molar-refractivity contribution in [3.8, 4) is 0 Å². The Hall–Kier alpha value is -0.590. The van der Waals surface area contributed by atoms with E-state index in [1.54, 1.807) is 11.6 Å². The van der Waals surface area contributed by atoms with E-state index >= 15 is 0 Å². The molecule has 0 radical (unpaired) electrons. The predicted molar refractivity (Wildman–Crippen MR) is 56.3 cm³/mol. The fraction of sp³-hybridized carbons (Fsp3) is 0.500. The maximum atomic E-state index is 11.1. The molecule has 0 saturated heterocycles. The molecule has 4 nitrogen and oxygen atoms in total. The van der Waals surface area contributed by atoms with Gasteiger partial charge in [-0.15, -0.1) is 0 Å². The van der Waals surface area contributed by atoms with E-state index in [4.69, 9.17) is 4.74 Å². The minimum Gasteiger partial charge on any atom is -0.465 e. The average Bonchev–Trinajstić information content (AvgIpc) is 2.30. The first-order valence-electron chi connectivity index (χ1n) is 3.99. The van der Waals surface area contributed by atoms with E-state index in [2.05, 4.69) is 27.7 Å². The van der Waals surface area contributed by atoms with E-state index in [-0.39, 0.29) is 12.5 Å². The van der Waals surface area contributed by atoms with Crippen molar-refractivity contribution in [1.29, 1.82) is 0 Å². The number of aromatic nitrogens is 2. The van der Waals surface area contributed by atoms with Gasteiger partial charge in [-0.05, 0) is 42.5 Å². The highest BCUT2D eigenvalue weighted by atomic mass is 127. The van der Waals surface area contributed by atoms with Crippen molar-refractivity contribution in [2.24, 2.45) is 0 Å². The van der Waals surface area contributed by atoms with Crippen LogP contribution < -0.4 is 0 Å². The number of aryl methyl sites for hydroxylation is 1. The van der Waals surface area contributed by atoms with E-state index < -0.39 is 0 Å². The fourth-order valence-electron chi connectivity index (χ4n) is 0.954. The molecule has 13 heavy (non-hydrogen) atoms. The van der Waals surface area contributed by atoms with Crippen molar-refractivity contribution in [1.82, 2.24) is 9.78 Å². The Morgan fingerprint density at radius 3 is 2.92 bits per heavy atom. The minimum absolute atomic E-state index is 0.194. The molecular formula is C8H11IN2O2. The second-order valence-electron chi connectivity index (χ2n) is 2.57. The standard InChI is InChI=1S/C8H11IN2O2/c1-3-13-8(12)5-11-7(9)4-6(2)10-11/h4H,3,5H2,1-2H3. The molecule has 0 N–H and O–H groups in total. The number of rotatable bonds is 3. The van der Waals surface area contributed by atoms with Crippen molar-refractivity contribution < 1.29 is 9.53 Å². The first-order chi connectivity index (χ1) is 6.13. The van der Waals surface area contributed by atoms with Gasteiger partial charge in [0.2, 0.25) is 0 Å². The second-order valence-corrected chi connectivity index (χ2v) is 3.68. The third-order valence-corrected chi connectivity index (χ3v) is 2.31. The molecule has 0 atom stereocenters. The van der Waals surface area contributed by atoms with Crippen molar-refractivity contribution in [3.63, 3.8) is 0 Å². The number of carbonyl (C=O) groups excluding carboxylic acids is 1. The van der Waals surface area contributed by atoms with Crippen LogP contribution in [0.15, 0.2) is 6.07 Å². The number of nitrogens with zero attached hydrogens (tertiary/aromatic N) is 2. The van der Waals surface area contributed by atoms with Crippen LogP contribution in [-0.2, 0) is 16.1 Å². The molecule has 0 spiro atoms. The van der Waals surface area contributed by atoms with Crippen LogP contribution in [0.2, 0.25) is 0 Å². The third kappa shape index (κ3) is 2.98. The summed E-state index contributed by atoms with van der Waals surface area (Å²) in [4.78, 5) is 11.1. The molecule has 0 saturated carbocycles. The van der Waals surface area contributed by atoms with Crippen LogP contribution >= 0.6 is 22.6 Å². The molecule has 0 aliphatic rings. The molecule has 1 rings (SSSR count). The third-order valence-electron chi connectivity index (χ3n) is 1.44. The molecule has 1 aromatic rings. The average molecular weight is 294 g/mol. The molecular weight excluding hydrogens is 283 g/mol. The first-order valence-corrected chi connectivity index (χ1v) is 5.07. The van der Waals surface area contributed by atoms with Crippen LogP contribution in [0.3, 0.4) is 0 Å². The minimum atomic E-state index is -0.247. The fourth-order valence-corrected chi connectivity index (χ4v) is 1.68.